The zero-order chi connectivity index (χ0) is 12.3. The van der Waals surface area contributed by atoms with Gasteiger partial charge in [0.05, 0.1) is 12.1 Å². The number of carboxylic acid groups (broad SMARTS) is 1. The summed E-state index contributed by atoms with van der Waals surface area (Å²) in [6, 6.07) is 8.20. The van der Waals surface area contributed by atoms with Crippen molar-refractivity contribution in [3.8, 4) is 11.3 Å². The SMILES string of the molecule is CCc1ccc(-c2csc(CC(=O)O)n2)cc1. The van der Waals surface area contributed by atoms with Crippen molar-refractivity contribution in [3.63, 3.8) is 0 Å². The van der Waals surface area contributed by atoms with E-state index in [9.17, 15) is 4.79 Å². The lowest BCUT2D eigenvalue weighted by Crippen LogP contribution is -1.99. The van der Waals surface area contributed by atoms with Crippen LogP contribution in [0.25, 0.3) is 11.3 Å². The molecule has 1 aromatic carbocycles. The molecular formula is C13H13NO2S. The molecule has 0 aliphatic rings. The predicted octanol–water partition coefficient (Wildman–Crippen LogP) is 3.00. The molecule has 88 valence electrons. The summed E-state index contributed by atoms with van der Waals surface area (Å²) in [6.45, 7) is 2.11. The van der Waals surface area contributed by atoms with Gasteiger partial charge in [-0.2, -0.15) is 0 Å². The molecule has 1 aromatic heterocycles. The first-order valence-electron chi connectivity index (χ1n) is 5.44. The molecule has 0 atom stereocenters. The van der Waals surface area contributed by atoms with E-state index in [-0.39, 0.29) is 6.42 Å². The molecule has 0 fully saturated rings. The number of aliphatic carboxylic acids is 1. The van der Waals surface area contributed by atoms with Crippen LogP contribution in [0.2, 0.25) is 0 Å². The fraction of sp³-hybridized carbons (Fsp3) is 0.231. The molecule has 3 nitrogen and oxygen atoms in total. The molecule has 0 bridgehead atoms. The van der Waals surface area contributed by atoms with Crippen LogP contribution in [0.15, 0.2) is 29.6 Å². The van der Waals surface area contributed by atoms with Crippen LogP contribution in [0.3, 0.4) is 0 Å². The third kappa shape index (κ3) is 2.91. The van der Waals surface area contributed by atoms with E-state index in [4.69, 9.17) is 5.11 Å². The van der Waals surface area contributed by atoms with Gasteiger partial charge in [-0.1, -0.05) is 31.2 Å². The van der Waals surface area contributed by atoms with Gasteiger partial charge in [0.2, 0.25) is 0 Å². The zero-order valence-electron chi connectivity index (χ0n) is 9.51. The zero-order valence-corrected chi connectivity index (χ0v) is 10.3. The van der Waals surface area contributed by atoms with Crippen LogP contribution in [0.1, 0.15) is 17.5 Å². The summed E-state index contributed by atoms with van der Waals surface area (Å²) in [4.78, 5) is 14.9. The van der Waals surface area contributed by atoms with Crippen molar-refractivity contribution >= 4 is 17.3 Å². The van der Waals surface area contributed by atoms with Gasteiger partial charge in [0.1, 0.15) is 5.01 Å². The van der Waals surface area contributed by atoms with E-state index in [2.05, 4.69) is 24.0 Å². The number of carbonyl (C=O) groups is 1. The maximum atomic E-state index is 10.6. The van der Waals surface area contributed by atoms with Gasteiger partial charge < -0.3 is 5.11 Å². The van der Waals surface area contributed by atoms with Crippen molar-refractivity contribution < 1.29 is 9.90 Å². The second-order valence-electron chi connectivity index (χ2n) is 3.75. The standard InChI is InChI=1S/C13H13NO2S/c1-2-9-3-5-10(6-4-9)11-8-17-12(14-11)7-13(15)16/h3-6,8H,2,7H2,1H3,(H,15,16). The third-order valence-corrected chi connectivity index (χ3v) is 3.36. The fourth-order valence-electron chi connectivity index (χ4n) is 1.57. The average molecular weight is 247 g/mol. The van der Waals surface area contributed by atoms with E-state index in [1.807, 2.05) is 17.5 Å². The van der Waals surface area contributed by atoms with Gasteiger partial charge in [0.15, 0.2) is 0 Å². The lowest BCUT2D eigenvalue weighted by Gasteiger charge is -1.99. The summed E-state index contributed by atoms with van der Waals surface area (Å²) in [5.41, 5.74) is 3.18. The maximum absolute atomic E-state index is 10.6. The van der Waals surface area contributed by atoms with Crippen LogP contribution in [0.5, 0.6) is 0 Å². The van der Waals surface area contributed by atoms with Crippen molar-refractivity contribution in [1.82, 2.24) is 4.98 Å². The van der Waals surface area contributed by atoms with Crippen LogP contribution in [0, 0.1) is 0 Å². The first-order valence-corrected chi connectivity index (χ1v) is 6.32. The third-order valence-electron chi connectivity index (χ3n) is 2.51. The first-order chi connectivity index (χ1) is 8.19. The van der Waals surface area contributed by atoms with Gasteiger partial charge in [-0.05, 0) is 12.0 Å². The van der Waals surface area contributed by atoms with Crippen molar-refractivity contribution in [2.45, 2.75) is 19.8 Å². The Balaban J connectivity index is 2.21. The Morgan fingerprint density at radius 1 is 1.35 bits per heavy atom. The molecule has 1 heterocycles. The molecule has 1 N–H and O–H groups in total. The first kappa shape index (κ1) is 11.8. The molecule has 0 amide bonds. The maximum Gasteiger partial charge on any atom is 0.310 e. The van der Waals surface area contributed by atoms with E-state index in [0.29, 0.717) is 5.01 Å². The monoisotopic (exact) mass is 247 g/mol. The lowest BCUT2D eigenvalue weighted by molar-refractivity contribution is -0.136. The Kier molecular flexibility index (Phi) is 3.54. The highest BCUT2D eigenvalue weighted by Gasteiger charge is 2.07. The Labute approximate surface area is 104 Å². The number of thiazole rings is 1. The smallest absolute Gasteiger partial charge is 0.310 e. The normalized spacial score (nSPS) is 10.4. The highest BCUT2D eigenvalue weighted by atomic mass is 32.1. The lowest BCUT2D eigenvalue weighted by atomic mass is 10.1. The van der Waals surface area contributed by atoms with Crippen LogP contribution >= 0.6 is 11.3 Å². The minimum Gasteiger partial charge on any atom is -0.481 e. The highest BCUT2D eigenvalue weighted by Crippen LogP contribution is 2.22. The molecule has 0 saturated heterocycles. The number of hydrogen-bond donors (Lipinski definition) is 1. The molecule has 0 radical (unpaired) electrons. The molecule has 0 spiro atoms. The molecule has 0 aliphatic heterocycles. The Bertz CT molecular complexity index is 516. The summed E-state index contributed by atoms with van der Waals surface area (Å²) >= 11 is 1.39. The van der Waals surface area contributed by atoms with Gasteiger partial charge >= 0.3 is 5.97 Å². The van der Waals surface area contributed by atoms with Gasteiger partial charge in [-0.25, -0.2) is 4.98 Å². The summed E-state index contributed by atoms with van der Waals surface area (Å²) < 4.78 is 0. The molecule has 2 rings (SSSR count). The number of hydrogen-bond acceptors (Lipinski definition) is 3. The van der Waals surface area contributed by atoms with Crippen LogP contribution in [0.4, 0.5) is 0 Å². The number of nitrogens with zero attached hydrogens (tertiary/aromatic N) is 1. The van der Waals surface area contributed by atoms with Crippen LogP contribution in [-0.4, -0.2) is 16.1 Å². The van der Waals surface area contributed by atoms with E-state index < -0.39 is 5.97 Å². The Hall–Kier alpha value is -1.68. The topological polar surface area (TPSA) is 50.2 Å². The summed E-state index contributed by atoms with van der Waals surface area (Å²) in [6.07, 6.45) is 1.01. The van der Waals surface area contributed by atoms with E-state index in [1.54, 1.807) is 0 Å². The highest BCUT2D eigenvalue weighted by molar-refractivity contribution is 7.10. The van der Waals surface area contributed by atoms with Crippen LogP contribution < -0.4 is 0 Å². The number of aryl methyl sites for hydroxylation is 1. The van der Waals surface area contributed by atoms with Crippen LogP contribution in [-0.2, 0) is 17.6 Å². The van der Waals surface area contributed by atoms with Crippen molar-refractivity contribution in [2.24, 2.45) is 0 Å². The molecular weight excluding hydrogens is 234 g/mol. The van der Waals surface area contributed by atoms with Crippen molar-refractivity contribution in [3.05, 3.63) is 40.2 Å². The van der Waals surface area contributed by atoms with Gasteiger partial charge in [-0.3, -0.25) is 4.79 Å². The van der Waals surface area contributed by atoms with E-state index in [1.165, 1.54) is 16.9 Å². The van der Waals surface area contributed by atoms with Gasteiger partial charge in [0, 0.05) is 10.9 Å². The Morgan fingerprint density at radius 3 is 2.65 bits per heavy atom. The number of benzene rings is 1. The van der Waals surface area contributed by atoms with Gasteiger partial charge in [0.25, 0.3) is 0 Å². The number of carboxylic acids is 1. The summed E-state index contributed by atoms with van der Waals surface area (Å²) in [5, 5.41) is 11.2. The predicted molar refractivity (Wildman–Crippen MR) is 68.3 cm³/mol. The fourth-order valence-corrected chi connectivity index (χ4v) is 2.36. The van der Waals surface area contributed by atoms with Gasteiger partial charge in [-0.15, -0.1) is 11.3 Å². The molecule has 17 heavy (non-hydrogen) atoms. The minimum absolute atomic E-state index is 0.00227. The second-order valence-corrected chi connectivity index (χ2v) is 4.69. The van der Waals surface area contributed by atoms with Crippen molar-refractivity contribution in [1.29, 1.82) is 0 Å². The quantitative estimate of drug-likeness (QED) is 0.903. The second kappa shape index (κ2) is 5.10. The minimum atomic E-state index is -0.841. The Morgan fingerprint density at radius 2 is 2.06 bits per heavy atom. The number of aromatic nitrogens is 1. The molecule has 0 saturated carbocycles. The largest absolute Gasteiger partial charge is 0.481 e. The molecule has 2 aromatic rings. The molecule has 0 aliphatic carbocycles. The average Bonchev–Trinajstić information content (AvgIpc) is 2.77. The molecule has 4 heteroatoms. The van der Waals surface area contributed by atoms with E-state index >= 15 is 0 Å². The summed E-state index contributed by atoms with van der Waals surface area (Å²) in [7, 11) is 0. The summed E-state index contributed by atoms with van der Waals surface area (Å²) in [5.74, 6) is -0.841. The van der Waals surface area contributed by atoms with Crippen molar-refractivity contribution in [2.75, 3.05) is 0 Å². The van der Waals surface area contributed by atoms with E-state index in [0.717, 1.165) is 17.7 Å². The number of rotatable bonds is 4. The molecule has 0 unspecified atom stereocenters.